The van der Waals surface area contributed by atoms with Gasteiger partial charge < -0.3 is 10.1 Å². The van der Waals surface area contributed by atoms with Crippen molar-refractivity contribution < 1.29 is 14.3 Å². The molecular formula is C17H13BrN6O3. The second-order valence-electron chi connectivity index (χ2n) is 5.64. The van der Waals surface area contributed by atoms with Gasteiger partial charge in [-0.05, 0) is 30.3 Å². The normalized spacial score (nSPS) is 13.1. The fraction of sp³-hybridized carbons (Fsp3) is 0.118. The van der Waals surface area contributed by atoms with Crippen molar-refractivity contribution >= 4 is 39.1 Å². The minimum absolute atomic E-state index is 0.117. The highest BCUT2D eigenvalue weighted by atomic mass is 79.9. The number of anilines is 2. The van der Waals surface area contributed by atoms with Gasteiger partial charge in [-0.15, -0.1) is 0 Å². The summed E-state index contributed by atoms with van der Waals surface area (Å²) < 4.78 is 7.71. The lowest BCUT2D eigenvalue weighted by atomic mass is 10.2. The number of aromatic nitrogens is 4. The summed E-state index contributed by atoms with van der Waals surface area (Å²) in [6, 6.07) is 8.68. The third-order valence-corrected chi connectivity index (χ3v) is 4.36. The molecule has 0 saturated heterocycles. The van der Waals surface area contributed by atoms with E-state index in [2.05, 4.69) is 36.3 Å². The van der Waals surface area contributed by atoms with E-state index in [0.717, 1.165) is 4.47 Å². The van der Waals surface area contributed by atoms with Crippen molar-refractivity contribution in [3.63, 3.8) is 0 Å². The molecule has 3 aromatic rings. The zero-order valence-corrected chi connectivity index (χ0v) is 15.5. The summed E-state index contributed by atoms with van der Waals surface area (Å²) in [4.78, 5) is 34.4. The average Bonchev–Trinajstić information content (AvgIpc) is 3.19. The fourth-order valence-corrected chi connectivity index (χ4v) is 3.02. The molecule has 0 aliphatic carbocycles. The highest BCUT2D eigenvalue weighted by molar-refractivity contribution is 9.10. The Hall–Kier alpha value is -3.27. The van der Waals surface area contributed by atoms with Crippen molar-refractivity contribution in [1.29, 1.82) is 0 Å². The van der Waals surface area contributed by atoms with E-state index in [-0.39, 0.29) is 25.0 Å². The van der Waals surface area contributed by atoms with E-state index in [1.165, 1.54) is 22.2 Å². The predicted octanol–water partition coefficient (Wildman–Crippen LogP) is 1.79. The van der Waals surface area contributed by atoms with Crippen molar-refractivity contribution in [3.05, 3.63) is 53.7 Å². The summed E-state index contributed by atoms with van der Waals surface area (Å²) in [5.74, 6) is 0.318. The van der Waals surface area contributed by atoms with Crippen LogP contribution in [0.4, 0.5) is 11.4 Å². The van der Waals surface area contributed by atoms with Crippen molar-refractivity contribution in [1.82, 2.24) is 19.7 Å². The molecule has 27 heavy (non-hydrogen) atoms. The molecule has 1 N–H and O–H groups in total. The van der Waals surface area contributed by atoms with Crippen LogP contribution >= 0.6 is 15.9 Å². The number of hydrogen-bond donors (Lipinski definition) is 1. The van der Waals surface area contributed by atoms with Crippen molar-refractivity contribution in [2.45, 2.75) is 0 Å². The second-order valence-corrected chi connectivity index (χ2v) is 6.56. The van der Waals surface area contributed by atoms with Gasteiger partial charge in [0.05, 0.1) is 11.4 Å². The van der Waals surface area contributed by atoms with Crippen LogP contribution in [0.3, 0.4) is 0 Å². The number of halogens is 1. The SMILES string of the molecule is O=C(CN1C(=O)COc2cc(Br)ccc21)Nc1cccnc1-n1cncn1. The van der Waals surface area contributed by atoms with Gasteiger partial charge in [-0.25, -0.2) is 14.6 Å². The smallest absolute Gasteiger partial charge is 0.265 e. The highest BCUT2D eigenvalue weighted by Crippen LogP contribution is 2.34. The third kappa shape index (κ3) is 3.51. The monoisotopic (exact) mass is 428 g/mol. The summed E-state index contributed by atoms with van der Waals surface area (Å²) >= 11 is 3.36. The minimum Gasteiger partial charge on any atom is -0.482 e. The molecule has 0 saturated carbocycles. The lowest BCUT2D eigenvalue weighted by Crippen LogP contribution is -2.43. The molecule has 10 heteroatoms. The molecule has 9 nitrogen and oxygen atoms in total. The van der Waals surface area contributed by atoms with Crippen LogP contribution in [0, 0.1) is 0 Å². The van der Waals surface area contributed by atoms with Gasteiger partial charge in [0.2, 0.25) is 5.91 Å². The Kier molecular flexibility index (Phi) is 4.55. The lowest BCUT2D eigenvalue weighted by Gasteiger charge is -2.29. The standard InChI is InChI=1S/C17H13BrN6O3/c18-11-3-4-13-14(6-11)27-8-16(26)23(13)7-15(25)22-12-2-1-5-20-17(12)24-10-19-9-21-24/h1-6,9-10H,7-8H2,(H,22,25). The number of fused-ring (bicyclic) bond motifs is 1. The molecule has 2 amide bonds. The lowest BCUT2D eigenvalue weighted by molar-refractivity contribution is -0.123. The molecule has 0 atom stereocenters. The second kappa shape index (κ2) is 7.16. The van der Waals surface area contributed by atoms with E-state index in [9.17, 15) is 9.59 Å². The molecule has 136 valence electrons. The van der Waals surface area contributed by atoms with Gasteiger partial charge in [0.15, 0.2) is 12.4 Å². The van der Waals surface area contributed by atoms with E-state index < -0.39 is 0 Å². The molecule has 1 aliphatic rings. The number of benzene rings is 1. The van der Waals surface area contributed by atoms with E-state index in [1.807, 2.05) is 0 Å². The third-order valence-electron chi connectivity index (χ3n) is 3.86. The van der Waals surface area contributed by atoms with Crippen LogP contribution in [0.1, 0.15) is 0 Å². The maximum Gasteiger partial charge on any atom is 0.265 e. The molecule has 4 rings (SSSR count). The first-order valence-corrected chi connectivity index (χ1v) is 8.74. The quantitative estimate of drug-likeness (QED) is 0.679. The maximum atomic E-state index is 12.6. The molecule has 0 fully saturated rings. The number of amides is 2. The van der Waals surface area contributed by atoms with Crippen LogP contribution in [-0.4, -0.2) is 44.7 Å². The zero-order chi connectivity index (χ0) is 18.8. The van der Waals surface area contributed by atoms with Gasteiger partial charge in [0, 0.05) is 10.7 Å². The van der Waals surface area contributed by atoms with Crippen LogP contribution in [0.5, 0.6) is 5.75 Å². The highest BCUT2D eigenvalue weighted by Gasteiger charge is 2.27. The number of ether oxygens (including phenoxy) is 1. The van der Waals surface area contributed by atoms with E-state index >= 15 is 0 Å². The summed E-state index contributed by atoms with van der Waals surface area (Å²) in [7, 11) is 0. The van der Waals surface area contributed by atoms with Gasteiger partial charge >= 0.3 is 0 Å². The molecule has 0 bridgehead atoms. The Morgan fingerprint density at radius 1 is 1.33 bits per heavy atom. The van der Waals surface area contributed by atoms with Crippen LogP contribution in [-0.2, 0) is 9.59 Å². The van der Waals surface area contributed by atoms with E-state index in [4.69, 9.17) is 4.74 Å². The molecule has 1 aromatic carbocycles. The largest absolute Gasteiger partial charge is 0.482 e. The Morgan fingerprint density at radius 3 is 3.04 bits per heavy atom. The van der Waals surface area contributed by atoms with E-state index in [1.54, 1.807) is 36.5 Å². The minimum atomic E-state index is -0.367. The fourth-order valence-electron chi connectivity index (χ4n) is 2.68. The summed E-state index contributed by atoms with van der Waals surface area (Å²) in [5.41, 5.74) is 1.01. The zero-order valence-electron chi connectivity index (χ0n) is 13.9. The number of nitrogens with zero attached hydrogens (tertiary/aromatic N) is 5. The first-order valence-electron chi connectivity index (χ1n) is 7.94. The van der Waals surface area contributed by atoms with Crippen molar-refractivity contribution in [2.75, 3.05) is 23.4 Å². The van der Waals surface area contributed by atoms with Gasteiger partial charge in [0.1, 0.15) is 24.9 Å². The Labute approximate surface area is 162 Å². The topological polar surface area (TPSA) is 102 Å². The maximum absolute atomic E-state index is 12.6. The molecule has 0 unspecified atom stereocenters. The molecule has 2 aromatic heterocycles. The summed E-state index contributed by atoms with van der Waals surface area (Å²) in [6.45, 7) is -0.268. The number of hydrogen-bond acceptors (Lipinski definition) is 6. The number of carbonyl (C=O) groups is 2. The molecule has 3 heterocycles. The average molecular weight is 429 g/mol. The first kappa shape index (κ1) is 17.2. The van der Waals surface area contributed by atoms with Crippen molar-refractivity contribution in [2.24, 2.45) is 0 Å². The molecule has 1 aliphatic heterocycles. The number of nitrogens with one attached hydrogen (secondary N) is 1. The molecule has 0 spiro atoms. The summed E-state index contributed by atoms with van der Waals surface area (Å²) in [5, 5.41) is 6.80. The van der Waals surface area contributed by atoms with Gasteiger partial charge in [-0.2, -0.15) is 5.10 Å². The van der Waals surface area contributed by atoms with E-state index in [0.29, 0.717) is 22.9 Å². The Morgan fingerprint density at radius 2 is 2.22 bits per heavy atom. The Balaban J connectivity index is 1.55. The summed E-state index contributed by atoms with van der Waals surface area (Å²) in [6.07, 6.45) is 4.45. The number of rotatable bonds is 4. The van der Waals surface area contributed by atoms with Gasteiger partial charge in [-0.3, -0.25) is 14.5 Å². The molecular weight excluding hydrogens is 416 g/mol. The first-order chi connectivity index (χ1) is 13.1. The van der Waals surface area contributed by atoms with Gasteiger partial charge in [-0.1, -0.05) is 15.9 Å². The number of pyridine rings is 1. The van der Waals surface area contributed by atoms with Crippen LogP contribution < -0.4 is 15.0 Å². The van der Waals surface area contributed by atoms with Crippen LogP contribution in [0.25, 0.3) is 5.82 Å². The van der Waals surface area contributed by atoms with Gasteiger partial charge in [0.25, 0.3) is 5.91 Å². The predicted molar refractivity (Wildman–Crippen MR) is 99.8 cm³/mol. The van der Waals surface area contributed by atoms with Crippen LogP contribution in [0.2, 0.25) is 0 Å². The number of carbonyl (C=O) groups excluding carboxylic acids is 2. The molecule has 0 radical (unpaired) electrons. The van der Waals surface area contributed by atoms with Crippen LogP contribution in [0.15, 0.2) is 53.7 Å². The Bertz CT molecular complexity index is 1010. The van der Waals surface area contributed by atoms with Crippen molar-refractivity contribution in [3.8, 4) is 11.6 Å².